The van der Waals surface area contributed by atoms with Gasteiger partial charge < -0.3 is 9.73 Å². The van der Waals surface area contributed by atoms with Gasteiger partial charge in [-0.15, -0.1) is 0 Å². The summed E-state index contributed by atoms with van der Waals surface area (Å²) < 4.78 is 5.37. The first-order valence-corrected chi connectivity index (χ1v) is 7.45. The van der Waals surface area contributed by atoms with Crippen molar-refractivity contribution in [2.24, 2.45) is 0 Å². The average Bonchev–Trinajstić information content (AvgIpc) is 3.05. The Hall–Kier alpha value is -2.66. The van der Waals surface area contributed by atoms with Crippen molar-refractivity contribution in [2.75, 3.05) is 0 Å². The molecule has 1 unspecified atom stereocenters. The molecule has 0 radical (unpaired) electrons. The lowest BCUT2D eigenvalue weighted by molar-refractivity contribution is 0.0935. The van der Waals surface area contributed by atoms with Gasteiger partial charge in [0, 0.05) is 11.8 Å². The first-order chi connectivity index (χ1) is 11.2. The highest BCUT2D eigenvalue weighted by Crippen LogP contribution is 2.30. The maximum Gasteiger partial charge on any atom is 0.274 e. The summed E-state index contributed by atoms with van der Waals surface area (Å²) in [5.41, 5.74) is 1.59. The Morgan fingerprint density at radius 1 is 1.17 bits per heavy atom. The standard InChI is InChI=1S/C17H14ClN3O2/c1-11(14-8-4-5-9-19-14)21-17(22)15-16(23-10-20-15)12-6-2-3-7-13(12)18/h2-11H,1H3,(H,21,22). The smallest absolute Gasteiger partial charge is 0.274 e. The van der Waals surface area contributed by atoms with Crippen molar-refractivity contribution in [1.82, 2.24) is 15.3 Å². The topological polar surface area (TPSA) is 68.0 Å². The van der Waals surface area contributed by atoms with E-state index >= 15 is 0 Å². The second kappa shape index (κ2) is 6.62. The van der Waals surface area contributed by atoms with Crippen LogP contribution in [0, 0.1) is 0 Å². The van der Waals surface area contributed by atoms with Gasteiger partial charge >= 0.3 is 0 Å². The Morgan fingerprint density at radius 2 is 1.96 bits per heavy atom. The molecule has 0 bridgehead atoms. The number of carbonyl (C=O) groups excluding carboxylic acids is 1. The van der Waals surface area contributed by atoms with Crippen molar-refractivity contribution in [3.8, 4) is 11.3 Å². The lowest BCUT2D eigenvalue weighted by atomic mass is 10.1. The number of hydrogen-bond acceptors (Lipinski definition) is 4. The lowest BCUT2D eigenvalue weighted by Gasteiger charge is -2.12. The van der Waals surface area contributed by atoms with E-state index in [9.17, 15) is 4.79 Å². The molecule has 0 spiro atoms. The molecule has 1 aromatic carbocycles. The number of pyridine rings is 1. The van der Waals surface area contributed by atoms with Gasteiger partial charge in [-0.05, 0) is 31.2 Å². The number of oxazole rings is 1. The monoisotopic (exact) mass is 327 g/mol. The van der Waals surface area contributed by atoms with E-state index in [1.54, 1.807) is 18.3 Å². The molecule has 1 amide bonds. The number of amides is 1. The van der Waals surface area contributed by atoms with Gasteiger partial charge in [0.1, 0.15) is 0 Å². The fourth-order valence-corrected chi connectivity index (χ4v) is 2.44. The highest BCUT2D eigenvalue weighted by molar-refractivity contribution is 6.33. The number of carbonyl (C=O) groups is 1. The van der Waals surface area contributed by atoms with Gasteiger partial charge in [0.25, 0.3) is 5.91 Å². The summed E-state index contributed by atoms with van der Waals surface area (Å²) in [6.45, 7) is 1.86. The zero-order valence-electron chi connectivity index (χ0n) is 12.4. The second-order valence-electron chi connectivity index (χ2n) is 4.96. The van der Waals surface area contributed by atoms with Crippen molar-refractivity contribution in [2.45, 2.75) is 13.0 Å². The normalized spacial score (nSPS) is 11.9. The maximum atomic E-state index is 12.5. The van der Waals surface area contributed by atoms with Crippen LogP contribution >= 0.6 is 11.6 Å². The molecule has 1 atom stereocenters. The highest BCUT2D eigenvalue weighted by atomic mass is 35.5. The van der Waals surface area contributed by atoms with Gasteiger partial charge in [-0.1, -0.05) is 29.8 Å². The Labute approximate surface area is 138 Å². The number of benzene rings is 1. The minimum Gasteiger partial charge on any atom is -0.443 e. The maximum absolute atomic E-state index is 12.5. The quantitative estimate of drug-likeness (QED) is 0.789. The molecule has 0 saturated carbocycles. The minimum absolute atomic E-state index is 0.195. The van der Waals surface area contributed by atoms with Gasteiger partial charge in [0.05, 0.1) is 16.8 Å². The molecule has 3 rings (SSSR count). The fraction of sp³-hybridized carbons (Fsp3) is 0.118. The van der Waals surface area contributed by atoms with Crippen LogP contribution in [0.25, 0.3) is 11.3 Å². The van der Waals surface area contributed by atoms with Crippen LogP contribution in [0.3, 0.4) is 0 Å². The van der Waals surface area contributed by atoms with Crippen LogP contribution in [0.4, 0.5) is 0 Å². The minimum atomic E-state index is -0.341. The number of aromatic nitrogens is 2. The molecule has 5 nitrogen and oxygen atoms in total. The predicted molar refractivity (Wildman–Crippen MR) is 87.1 cm³/mol. The van der Waals surface area contributed by atoms with E-state index in [0.29, 0.717) is 16.3 Å². The van der Waals surface area contributed by atoms with Gasteiger partial charge in [0.2, 0.25) is 0 Å². The van der Waals surface area contributed by atoms with Gasteiger partial charge in [-0.2, -0.15) is 0 Å². The molecule has 0 aliphatic carbocycles. The number of hydrogen-bond donors (Lipinski definition) is 1. The van der Waals surface area contributed by atoms with Crippen molar-refractivity contribution < 1.29 is 9.21 Å². The van der Waals surface area contributed by atoms with Crippen LogP contribution in [0.2, 0.25) is 5.02 Å². The third-order valence-corrected chi connectivity index (χ3v) is 3.71. The van der Waals surface area contributed by atoms with Gasteiger partial charge in [0.15, 0.2) is 17.8 Å². The number of nitrogens with zero attached hydrogens (tertiary/aromatic N) is 2. The van der Waals surface area contributed by atoms with E-state index in [1.807, 2.05) is 37.3 Å². The largest absolute Gasteiger partial charge is 0.443 e. The first kappa shape index (κ1) is 15.2. The van der Waals surface area contributed by atoms with E-state index in [1.165, 1.54) is 6.39 Å². The number of nitrogens with one attached hydrogen (secondary N) is 1. The summed E-state index contributed by atoms with van der Waals surface area (Å²) in [5, 5.41) is 3.36. The molecular formula is C17H14ClN3O2. The fourth-order valence-electron chi connectivity index (χ4n) is 2.22. The zero-order chi connectivity index (χ0) is 16.2. The van der Waals surface area contributed by atoms with Gasteiger partial charge in [-0.25, -0.2) is 4.98 Å². The van der Waals surface area contributed by atoms with E-state index in [0.717, 1.165) is 5.69 Å². The Bertz CT molecular complexity index is 817. The number of rotatable bonds is 4. The summed E-state index contributed by atoms with van der Waals surface area (Å²) in [4.78, 5) is 20.7. The van der Waals surface area contributed by atoms with Crippen LogP contribution in [0.15, 0.2) is 59.5 Å². The summed E-state index contributed by atoms with van der Waals surface area (Å²) in [7, 11) is 0. The summed E-state index contributed by atoms with van der Waals surface area (Å²) >= 11 is 6.16. The Balaban J connectivity index is 1.85. The molecule has 0 aliphatic rings. The van der Waals surface area contributed by atoms with Crippen LogP contribution in [-0.2, 0) is 0 Å². The van der Waals surface area contributed by atoms with Crippen LogP contribution < -0.4 is 5.32 Å². The van der Waals surface area contributed by atoms with Crippen molar-refractivity contribution in [3.05, 3.63) is 71.5 Å². The molecule has 116 valence electrons. The molecular weight excluding hydrogens is 314 g/mol. The van der Waals surface area contributed by atoms with E-state index in [4.69, 9.17) is 16.0 Å². The predicted octanol–water partition coefficient (Wildman–Crippen LogP) is 3.88. The first-order valence-electron chi connectivity index (χ1n) is 7.07. The molecule has 0 saturated heterocycles. The second-order valence-corrected chi connectivity index (χ2v) is 5.37. The van der Waals surface area contributed by atoms with Crippen LogP contribution in [-0.4, -0.2) is 15.9 Å². The molecule has 3 aromatic rings. The Morgan fingerprint density at radius 3 is 2.70 bits per heavy atom. The molecule has 0 aliphatic heterocycles. The van der Waals surface area contributed by atoms with E-state index in [-0.39, 0.29) is 17.6 Å². The summed E-state index contributed by atoms with van der Waals surface area (Å²) in [6.07, 6.45) is 2.92. The Kier molecular flexibility index (Phi) is 4.39. The van der Waals surface area contributed by atoms with Gasteiger partial charge in [-0.3, -0.25) is 9.78 Å². The summed E-state index contributed by atoms with van der Waals surface area (Å²) in [5.74, 6) is 0.00754. The van der Waals surface area contributed by atoms with E-state index in [2.05, 4.69) is 15.3 Å². The van der Waals surface area contributed by atoms with E-state index < -0.39 is 0 Å². The molecule has 0 fully saturated rings. The van der Waals surface area contributed by atoms with Crippen molar-refractivity contribution in [1.29, 1.82) is 0 Å². The molecule has 1 N–H and O–H groups in total. The zero-order valence-corrected chi connectivity index (χ0v) is 13.1. The number of halogens is 1. The lowest BCUT2D eigenvalue weighted by Crippen LogP contribution is -2.27. The summed E-state index contributed by atoms with van der Waals surface area (Å²) in [6, 6.07) is 12.4. The van der Waals surface area contributed by atoms with Crippen LogP contribution in [0.1, 0.15) is 29.1 Å². The third kappa shape index (κ3) is 3.24. The molecule has 6 heteroatoms. The van der Waals surface area contributed by atoms with Crippen molar-refractivity contribution in [3.63, 3.8) is 0 Å². The van der Waals surface area contributed by atoms with Crippen LogP contribution in [0.5, 0.6) is 0 Å². The molecule has 23 heavy (non-hydrogen) atoms. The SMILES string of the molecule is CC(NC(=O)c1ncoc1-c1ccccc1Cl)c1ccccn1. The average molecular weight is 328 g/mol. The highest BCUT2D eigenvalue weighted by Gasteiger charge is 2.21. The third-order valence-electron chi connectivity index (χ3n) is 3.38. The molecule has 2 aromatic heterocycles. The molecule has 2 heterocycles. The van der Waals surface area contributed by atoms with Crippen molar-refractivity contribution >= 4 is 17.5 Å².